The number of rotatable bonds is 2. The van der Waals surface area contributed by atoms with Crippen molar-refractivity contribution in [3.63, 3.8) is 0 Å². The first-order chi connectivity index (χ1) is 8.58. The van der Waals surface area contributed by atoms with E-state index in [4.69, 9.17) is 5.73 Å². The summed E-state index contributed by atoms with van der Waals surface area (Å²) in [5, 5.41) is 9.70. The molecule has 0 aliphatic carbocycles. The van der Waals surface area contributed by atoms with Crippen LogP contribution >= 0.6 is 0 Å². The number of aromatic hydroxyl groups is 1. The van der Waals surface area contributed by atoms with Gasteiger partial charge in [-0.25, -0.2) is 0 Å². The summed E-state index contributed by atoms with van der Waals surface area (Å²) in [5.41, 5.74) is 10.1. The van der Waals surface area contributed by atoms with Gasteiger partial charge >= 0.3 is 0 Å². The summed E-state index contributed by atoms with van der Waals surface area (Å²) in [6.07, 6.45) is 1.64. The maximum absolute atomic E-state index is 9.70. The summed E-state index contributed by atoms with van der Waals surface area (Å²) in [4.78, 5) is 4.44. The van der Waals surface area contributed by atoms with Gasteiger partial charge in [-0.1, -0.05) is 18.2 Å². The molecule has 0 aliphatic rings. The van der Waals surface area contributed by atoms with Crippen LogP contribution in [0.15, 0.2) is 41.4 Å². The lowest BCUT2D eigenvalue weighted by Gasteiger charge is -2.04. The molecule has 0 saturated heterocycles. The molecular formula is C15H16N2O. The zero-order valence-corrected chi connectivity index (χ0v) is 10.5. The van der Waals surface area contributed by atoms with E-state index in [0.29, 0.717) is 11.3 Å². The molecule has 2 aromatic rings. The summed E-state index contributed by atoms with van der Waals surface area (Å²) >= 11 is 0. The first-order valence-electron chi connectivity index (χ1n) is 5.76. The van der Waals surface area contributed by atoms with Crippen molar-refractivity contribution < 1.29 is 5.11 Å². The van der Waals surface area contributed by atoms with Gasteiger partial charge in [0.15, 0.2) is 0 Å². The van der Waals surface area contributed by atoms with Crippen LogP contribution < -0.4 is 5.73 Å². The second-order valence-electron chi connectivity index (χ2n) is 4.32. The van der Waals surface area contributed by atoms with E-state index in [2.05, 4.69) is 4.99 Å². The molecule has 0 saturated carbocycles. The number of phenols is 1. The van der Waals surface area contributed by atoms with Gasteiger partial charge < -0.3 is 10.8 Å². The van der Waals surface area contributed by atoms with Gasteiger partial charge in [0.1, 0.15) is 5.75 Å². The molecule has 0 aromatic heterocycles. The minimum absolute atomic E-state index is 0.180. The maximum Gasteiger partial charge on any atom is 0.124 e. The van der Waals surface area contributed by atoms with Crippen LogP contribution in [-0.4, -0.2) is 11.3 Å². The molecule has 0 amide bonds. The second-order valence-corrected chi connectivity index (χ2v) is 4.32. The number of aryl methyl sites for hydroxylation is 2. The number of hydrogen-bond donors (Lipinski definition) is 2. The zero-order chi connectivity index (χ0) is 13.1. The Morgan fingerprint density at radius 3 is 2.44 bits per heavy atom. The van der Waals surface area contributed by atoms with Gasteiger partial charge in [0.2, 0.25) is 0 Å². The average Bonchev–Trinajstić information content (AvgIpc) is 2.33. The highest BCUT2D eigenvalue weighted by molar-refractivity contribution is 5.87. The number of nitrogens with zero attached hydrogens (tertiary/aromatic N) is 1. The molecular weight excluding hydrogens is 224 g/mol. The number of nitrogen functional groups attached to an aromatic ring is 1. The van der Waals surface area contributed by atoms with Crippen molar-refractivity contribution in [3.8, 4) is 5.75 Å². The van der Waals surface area contributed by atoms with Crippen LogP contribution in [0.2, 0.25) is 0 Å². The Kier molecular flexibility index (Phi) is 3.33. The monoisotopic (exact) mass is 240 g/mol. The van der Waals surface area contributed by atoms with E-state index in [-0.39, 0.29) is 5.75 Å². The van der Waals surface area contributed by atoms with Gasteiger partial charge in [-0.15, -0.1) is 0 Å². The molecule has 2 rings (SSSR count). The van der Waals surface area contributed by atoms with E-state index in [1.807, 2.05) is 32.0 Å². The normalized spacial score (nSPS) is 11.0. The third-order valence-corrected chi connectivity index (χ3v) is 2.82. The largest absolute Gasteiger partial charge is 0.507 e. The van der Waals surface area contributed by atoms with Crippen LogP contribution in [0.3, 0.4) is 0 Å². The van der Waals surface area contributed by atoms with Crippen molar-refractivity contribution >= 4 is 17.6 Å². The second kappa shape index (κ2) is 4.92. The Morgan fingerprint density at radius 2 is 1.78 bits per heavy atom. The Hall–Kier alpha value is -2.29. The number of anilines is 1. The molecule has 3 heteroatoms. The van der Waals surface area contributed by atoms with Crippen LogP contribution in [0.4, 0.5) is 11.4 Å². The van der Waals surface area contributed by atoms with Crippen molar-refractivity contribution in [2.45, 2.75) is 13.8 Å². The lowest BCUT2D eigenvalue weighted by molar-refractivity contribution is 0.474. The highest BCUT2D eigenvalue weighted by Crippen LogP contribution is 2.24. The Morgan fingerprint density at radius 1 is 1.11 bits per heavy atom. The topological polar surface area (TPSA) is 58.6 Å². The molecule has 0 radical (unpaired) electrons. The molecule has 0 heterocycles. The van der Waals surface area contributed by atoms with E-state index >= 15 is 0 Å². The first-order valence-corrected chi connectivity index (χ1v) is 5.76. The molecule has 0 atom stereocenters. The number of aliphatic imine (C=N–C) groups is 1. The molecule has 0 aliphatic heterocycles. The van der Waals surface area contributed by atoms with Crippen LogP contribution in [0, 0.1) is 13.8 Å². The first kappa shape index (κ1) is 12.2. The van der Waals surface area contributed by atoms with Gasteiger partial charge in [0.05, 0.1) is 5.69 Å². The highest BCUT2D eigenvalue weighted by atomic mass is 16.3. The van der Waals surface area contributed by atoms with Crippen LogP contribution in [0.5, 0.6) is 5.75 Å². The smallest absolute Gasteiger partial charge is 0.124 e. The third-order valence-electron chi connectivity index (χ3n) is 2.82. The lowest BCUT2D eigenvalue weighted by Crippen LogP contribution is -1.89. The van der Waals surface area contributed by atoms with Gasteiger partial charge in [-0.2, -0.15) is 0 Å². The fourth-order valence-corrected chi connectivity index (χ4v) is 1.82. The van der Waals surface area contributed by atoms with Crippen molar-refractivity contribution in [2.24, 2.45) is 4.99 Å². The quantitative estimate of drug-likeness (QED) is 0.480. The minimum Gasteiger partial charge on any atom is -0.507 e. The van der Waals surface area contributed by atoms with E-state index in [0.717, 1.165) is 16.8 Å². The minimum atomic E-state index is 0.180. The van der Waals surface area contributed by atoms with Crippen molar-refractivity contribution in [1.82, 2.24) is 0 Å². The van der Waals surface area contributed by atoms with E-state index in [9.17, 15) is 5.11 Å². The summed E-state index contributed by atoms with van der Waals surface area (Å²) in [5.74, 6) is 0.180. The fourth-order valence-electron chi connectivity index (χ4n) is 1.82. The number of para-hydroxylation sites is 1. The molecule has 0 spiro atoms. The Bertz CT molecular complexity index is 583. The third kappa shape index (κ3) is 2.51. The molecule has 3 N–H and O–H groups in total. The molecule has 2 aromatic carbocycles. The number of phenolic OH excluding ortho intramolecular Hbond substituents is 1. The van der Waals surface area contributed by atoms with Gasteiger partial charge in [-0.3, -0.25) is 4.99 Å². The molecule has 0 bridgehead atoms. The predicted octanol–water partition coefficient (Wildman–Crippen LogP) is 3.34. The van der Waals surface area contributed by atoms with E-state index in [1.54, 1.807) is 24.4 Å². The number of benzene rings is 2. The highest BCUT2D eigenvalue weighted by Gasteiger charge is 2.01. The van der Waals surface area contributed by atoms with Crippen molar-refractivity contribution in [3.05, 3.63) is 53.1 Å². The molecule has 0 unspecified atom stereocenters. The zero-order valence-electron chi connectivity index (χ0n) is 10.5. The average molecular weight is 240 g/mol. The number of hydrogen-bond acceptors (Lipinski definition) is 3. The molecule has 18 heavy (non-hydrogen) atoms. The summed E-state index contributed by atoms with van der Waals surface area (Å²) in [6.45, 7) is 4.03. The SMILES string of the molecule is Cc1cccc(C)c1N=Cc1cc(N)ccc1O. The standard InChI is InChI=1S/C15H16N2O/c1-10-4-3-5-11(2)15(10)17-9-12-8-13(16)6-7-14(12)18/h3-9,18H,16H2,1-2H3. The maximum atomic E-state index is 9.70. The van der Waals surface area contributed by atoms with E-state index < -0.39 is 0 Å². The van der Waals surface area contributed by atoms with Gasteiger partial charge in [0, 0.05) is 17.5 Å². The lowest BCUT2D eigenvalue weighted by atomic mass is 10.1. The van der Waals surface area contributed by atoms with E-state index in [1.165, 1.54) is 0 Å². The summed E-state index contributed by atoms with van der Waals surface area (Å²) in [7, 11) is 0. The van der Waals surface area contributed by atoms with Crippen LogP contribution in [0.25, 0.3) is 0 Å². The summed E-state index contributed by atoms with van der Waals surface area (Å²) in [6, 6.07) is 11.0. The molecule has 92 valence electrons. The predicted molar refractivity (Wildman–Crippen MR) is 75.7 cm³/mol. The van der Waals surface area contributed by atoms with Crippen LogP contribution in [0.1, 0.15) is 16.7 Å². The molecule has 3 nitrogen and oxygen atoms in total. The van der Waals surface area contributed by atoms with Crippen LogP contribution in [-0.2, 0) is 0 Å². The number of nitrogens with two attached hydrogens (primary N) is 1. The Labute approximate surface area is 107 Å². The van der Waals surface area contributed by atoms with Crippen molar-refractivity contribution in [2.75, 3.05) is 5.73 Å². The molecule has 0 fully saturated rings. The summed E-state index contributed by atoms with van der Waals surface area (Å²) < 4.78 is 0. The Balaban J connectivity index is 2.39. The van der Waals surface area contributed by atoms with Gasteiger partial charge in [0.25, 0.3) is 0 Å². The van der Waals surface area contributed by atoms with Gasteiger partial charge in [-0.05, 0) is 43.2 Å². The fraction of sp³-hybridized carbons (Fsp3) is 0.133. The van der Waals surface area contributed by atoms with Crippen molar-refractivity contribution in [1.29, 1.82) is 0 Å².